The van der Waals surface area contributed by atoms with Crippen LogP contribution in [-0.4, -0.2) is 31.9 Å². The molecule has 0 spiro atoms. The van der Waals surface area contributed by atoms with E-state index in [0.717, 1.165) is 34.5 Å². The van der Waals surface area contributed by atoms with Gasteiger partial charge in [-0.05, 0) is 19.1 Å². The predicted molar refractivity (Wildman–Crippen MR) is 85.6 cm³/mol. The molecule has 0 aliphatic carbocycles. The van der Waals surface area contributed by atoms with Crippen molar-refractivity contribution in [2.24, 2.45) is 0 Å². The van der Waals surface area contributed by atoms with Crippen molar-refractivity contribution >= 4 is 10.9 Å². The van der Waals surface area contributed by atoms with Crippen LogP contribution in [0.15, 0.2) is 42.5 Å². The molecule has 0 saturated heterocycles. The van der Waals surface area contributed by atoms with E-state index in [1.54, 1.807) is 7.11 Å². The van der Waals surface area contributed by atoms with Gasteiger partial charge in [0.05, 0.1) is 26.0 Å². The van der Waals surface area contributed by atoms with Crippen LogP contribution in [0.3, 0.4) is 0 Å². The molecule has 4 nitrogen and oxygen atoms in total. The number of benzene rings is 1. The third kappa shape index (κ3) is 4.55. The number of rotatable bonds is 8. The van der Waals surface area contributed by atoms with Crippen LogP contribution in [0.4, 0.5) is 0 Å². The van der Waals surface area contributed by atoms with Crippen LogP contribution in [-0.2, 0) is 11.3 Å². The van der Waals surface area contributed by atoms with E-state index in [0.29, 0.717) is 19.8 Å². The van der Waals surface area contributed by atoms with E-state index in [-0.39, 0.29) is 0 Å². The molecule has 21 heavy (non-hydrogen) atoms. The van der Waals surface area contributed by atoms with Gasteiger partial charge in [-0.3, -0.25) is 0 Å². The highest BCUT2D eigenvalue weighted by atomic mass is 16.5. The number of hydrogen-bond acceptors (Lipinski definition) is 4. The molecule has 0 amide bonds. The van der Waals surface area contributed by atoms with Gasteiger partial charge < -0.3 is 14.8 Å². The molecule has 4 heteroatoms. The van der Waals surface area contributed by atoms with Crippen LogP contribution in [0.1, 0.15) is 12.6 Å². The van der Waals surface area contributed by atoms with Crippen molar-refractivity contribution in [2.75, 3.05) is 26.9 Å². The summed E-state index contributed by atoms with van der Waals surface area (Å²) in [7, 11) is 1.67. The lowest BCUT2D eigenvalue weighted by Gasteiger charge is -2.08. The second-order valence-corrected chi connectivity index (χ2v) is 5.02. The largest absolute Gasteiger partial charge is 0.494 e. The van der Waals surface area contributed by atoms with Crippen molar-refractivity contribution in [3.63, 3.8) is 0 Å². The molecule has 0 fully saturated rings. The second kappa shape index (κ2) is 7.76. The minimum Gasteiger partial charge on any atom is -0.494 e. The maximum absolute atomic E-state index is 5.44. The number of ether oxygens (including phenoxy) is 2. The van der Waals surface area contributed by atoms with Gasteiger partial charge in [0, 0.05) is 18.5 Å². The van der Waals surface area contributed by atoms with Crippen molar-refractivity contribution in [1.29, 1.82) is 0 Å². The Kier molecular flexibility index (Phi) is 5.72. The van der Waals surface area contributed by atoms with Crippen molar-refractivity contribution < 1.29 is 9.47 Å². The maximum Gasteiger partial charge on any atom is 0.145 e. The first kappa shape index (κ1) is 15.5. The van der Waals surface area contributed by atoms with Crippen LogP contribution in [0.5, 0.6) is 5.75 Å². The number of fused-ring (bicyclic) bond motifs is 1. The Morgan fingerprint density at radius 1 is 1.29 bits per heavy atom. The molecule has 0 unspecified atom stereocenters. The Balaban J connectivity index is 1.89. The first-order valence-electron chi connectivity index (χ1n) is 7.06. The molecular weight excluding hydrogens is 264 g/mol. The van der Waals surface area contributed by atoms with E-state index in [4.69, 9.17) is 9.47 Å². The summed E-state index contributed by atoms with van der Waals surface area (Å²) in [6, 6.07) is 10.0. The van der Waals surface area contributed by atoms with Crippen LogP contribution in [0.2, 0.25) is 0 Å². The lowest BCUT2D eigenvalue weighted by molar-refractivity contribution is 0.157. The molecular formula is C17H22N2O2. The van der Waals surface area contributed by atoms with E-state index in [1.807, 2.05) is 31.2 Å². The number of nitrogens with zero attached hydrogens (tertiary/aromatic N) is 1. The molecule has 1 heterocycles. The Morgan fingerprint density at radius 2 is 2.14 bits per heavy atom. The Bertz CT molecular complexity index is 611. The molecule has 0 aliphatic heterocycles. The molecule has 0 aliphatic rings. The Labute approximate surface area is 125 Å². The van der Waals surface area contributed by atoms with Crippen molar-refractivity contribution in [2.45, 2.75) is 13.5 Å². The van der Waals surface area contributed by atoms with E-state index in [1.165, 1.54) is 0 Å². The van der Waals surface area contributed by atoms with Crippen LogP contribution in [0.25, 0.3) is 10.9 Å². The van der Waals surface area contributed by atoms with Gasteiger partial charge in [-0.15, -0.1) is 0 Å². The van der Waals surface area contributed by atoms with Crippen LogP contribution in [0, 0.1) is 0 Å². The van der Waals surface area contributed by atoms with Crippen molar-refractivity contribution in [1.82, 2.24) is 10.3 Å². The number of methoxy groups -OCH3 is 1. The highest BCUT2D eigenvalue weighted by molar-refractivity contribution is 5.84. The zero-order chi connectivity index (χ0) is 15.1. The monoisotopic (exact) mass is 286 g/mol. The Morgan fingerprint density at radius 3 is 2.90 bits per heavy atom. The molecule has 0 saturated carbocycles. The predicted octanol–water partition coefficient (Wildman–Crippen LogP) is 2.93. The minimum absolute atomic E-state index is 0.618. The fourth-order valence-electron chi connectivity index (χ4n) is 2.03. The van der Waals surface area contributed by atoms with Gasteiger partial charge in [0.2, 0.25) is 0 Å². The zero-order valence-corrected chi connectivity index (χ0v) is 12.7. The average molecular weight is 286 g/mol. The number of pyridine rings is 1. The second-order valence-electron chi connectivity index (χ2n) is 5.02. The molecule has 1 aromatic carbocycles. The minimum atomic E-state index is 0.618. The summed E-state index contributed by atoms with van der Waals surface area (Å²) in [6.45, 7) is 8.55. The molecule has 1 aromatic heterocycles. The van der Waals surface area contributed by atoms with Crippen LogP contribution < -0.4 is 10.1 Å². The van der Waals surface area contributed by atoms with Crippen molar-refractivity contribution in [3.05, 3.63) is 48.2 Å². The number of para-hydroxylation sites is 1. The summed E-state index contributed by atoms with van der Waals surface area (Å²) < 4.78 is 10.8. The molecule has 2 rings (SSSR count). The maximum atomic E-state index is 5.44. The van der Waals surface area contributed by atoms with E-state index < -0.39 is 0 Å². The third-order valence-electron chi connectivity index (χ3n) is 3.04. The normalized spacial score (nSPS) is 10.8. The van der Waals surface area contributed by atoms with Gasteiger partial charge in [0.15, 0.2) is 0 Å². The van der Waals surface area contributed by atoms with E-state index in [9.17, 15) is 0 Å². The summed E-state index contributed by atoms with van der Waals surface area (Å²) in [5, 5.41) is 4.41. The van der Waals surface area contributed by atoms with E-state index in [2.05, 4.69) is 22.9 Å². The summed E-state index contributed by atoms with van der Waals surface area (Å²) in [5.41, 5.74) is 2.93. The molecule has 2 aromatic rings. The highest BCUT2D eigenvalue weighted by Gasteiger charge is 2.03. The standard InChI is InChI=1S/C17H22N2O2/c1-13(2)12-21-10-9-18-11-15-8-7-14-5-4-6-16(20-3)17(14)19-15/h4-8,18H,1,9-12H2,2-3H3. The molecule has 1 N–H and O–H groups in total. The molecule has 0 bridgehead atoms. The lowest BCUT2D eigenvalue weighted by Crippen LogP contribution is -2.20. The van der Waals surface area contributed by atoms with Crippen LogP contribution >= 0.6 is 0 Å². The highest BCUT2D eigenvalue weighted by Crippen LogP contribution is 2.23. The number of hydrogen-bond donors (Lipinski definition) is 1. The van der Waals surface area contributed by atoms with E-state index >= 15 is 0 Å². The molecule has 0 radical (unpaired) electrons. The number of nitrogens with one attached hydrogen (secondary N) is 1. The zero-order valence-electron chi connectivity index (χ0n) is 12.7. The lowest BCUT2D eigenvalue weighted by atomic mass is 10.2. The average Bonchev–Trinajstić information content (AvgIpc) is 2.49. The summed E-state index contributed by atoms with van der Waals surface area (Å²) in [6.07, 6.45) is 0. The summed E-state index contributed by atoms with van der Waals surface area (Å²) in [4.78, 5) is 4.65. The van der Waals surface area contributed by atoms with Gasteiger partial charge in [-0.1, -0.05) is 30.4 Å². The fraction of sp³-hybridized carbons (Fsp3) is 0.353. The van der Waals surface area contributed by atoms with Gasteiger partial charge in [0.25, 0.3) is 0 Å². The first-order chi connectivity index (χ1) is 10.2. The van der Waals surface area contributed by atoms with Gasteiger partial charge in [-0.2, -0.15) is 0 Å². The Hall–Kier alpha value is -1.91. The first-order valence-corrected chi connectivity index (χ1v) is 7.06. The van der Waals surface area contributed by atoms with Crippen molar-refractivity contribution in [3.8, 4) is 5.75 Å². The fourth-order valence-corrected chi connectivity index (χ4v) is 2.03. The van der Waals surface area contributed by atoms with Gasteiger partial charge in [0.1, 0.15) is 11.3 Å². The number of aromatic nitrogens is 1. The quantitative estimate of drug-likeness (QED) is 0.598. The van der Waals surface area contributed by atoms with Gasteiger partial charge >= 0.3 is 0 Å². The smallest absolute Gasteiger partial charge is 0.145 e. The third-order valence-corrected chi connectivity index (χ3v) is 3.04. The summed E-state index contributed by atoms with van der Waals surface area (Å²) >= 11 is 0. The van der Waals surface area contributed by atoms with Gasteiger partial charge in [-0.25, -0.2) is 4.98 Å². The molecule has 0 atom stereocenters. The SMILES string of the molecule is C=C(C)COCCNCc1ccc2cccc(OC)c2n1. The molecule has 112 valence electrons. The topological polar surface area (TPSA) is 43.4 Å². The summed E-state index contributed by atoms with van der Waals surface area (Å²) in [5.74, 6) is 0.805.